The zero-order chi connectivity index (χ0) is 21.2. The average molecular weight is 408 g/mol. The van der Waals surface area contributed by atoms with Crippen LogP contribution in [-0.4, -0.2) is 33.1 Å². The van der Waals surface area contributed by atoms with E-state index in [1.165, 1.54) is 14.2 Å². The normalized spacial score (nSPS) is 11.8. The maximum Gasteiger partial charge on any atom is 0.433 e. The summed E-state index contributed by atoms with van der Waals surface area (Å²) in [6.07, 6.45) is -3.59. The molecule has 3 aromatic rings. The van der Waals surface area contributed by atoms with Gasteiger partial charge in [-0.3, -0.25) is 0 Å². The summed E-state index contributed by atoms with van der Waals surface area (Å²) in [4.78, 5) is 7.51. The molecule has 11 heteroatoms. The fourth-order valence-electron chi connectivity index (χ4n) is 2.52. The smallest absolute Gasteiger partial charge is 0.433 e. The van der Waals surface area contributed by atoms with E-state index in [4.69, 9.17) is 4.74 Å². The van der Waals surface area contributed by atoms with Crippen molar-refractivity contribution in [2.45, 2.75) is 13.1 Å². The second kappa shape index (κ2) is 7.86. The van der Waals surface area contributed by atoms with Crippen LogP contribution in [0.15, 0.2) is 35.4 Å². The van der Waals surface area contributed by atoms with Gasteiger partial charge in [0, 0.05) is 12.6 Å². The van der Waals surface area contributed by atoms with Crippen LogP contribution in [0.3, 0.4) is 0 Å². The van der Waals surface area contributed by atoms with Gasteiger partial charge in [-0.05, 0) is 25.1 Å². The van der Waals surface area contributed by atoms with Gasteiger partial charge >= 0.3 is 6.18 Å². The van der Waals surface area contributed by atoms with Gasteiger partial charge in [-0.25, -0.2) is 20.1 Å². The first-order chi connectivity index (χ1) is 13.7. The summed E-state index contributed by atoms with van der Waals surface area (Å²) in [5.74, 6) is -0.560. The lowest BCUT2D eigenvalue weighted by Crippen LogP contribution is -2.11. The topological polar surface area (TPSA) is 77.2 Å². The van der Waals surface area contributed by atoms with E-state index in [0.717, 1.165) is 17.0 Å². The molecular formula is C18H16F4N6O. The largest absolute Gasteiger partial charge is 0.497 e. The molecular weight excluding hydrogens is 392 g/mol. The monoisotopic (exact) mass is 408 g/mol. The van der Waals surface area contributed by atoms with Gasteiger partial charge in [0.05, 0.1) is 30.3 Å². The van der Waals surface area contributed by atoms with E-state index in [0.29, 0.717) is 17.0 Å². The molecule has 0 aliphatic carbocycles. The molecule has 0 unspecified atom stereocenters. The van der Waals surface area contributed by atoms with Gasteiger partial charge in [-0.15, -0.1) is 0 Å². The summed E-state index contributed by atoms with van der Waals surface area (Å²) in [5, 5.41) is 7.64. The standard InChI is InChI=1S/C18H16F4N6O/c1-10-13(16(19)28(2)27-10)9-23-26-17-24-14(8-15(25-17)18(20,21)22)11-5-4-6-12(7-11)29-3/h4-9H,1-3H3,(H,24,25,26). The summed E-state index contributed by atoms with van der Waals surface area (Å²) in [6, 6.07) is 7.25. The third-order valence-electron chi connectivity index (χ3n) is 3.94. The fourth-order valence-corrected chi connectivity index (χ4v) is 2.52. The van der Waals surface area contributed by atoms with E-state index >= 15 is 0 Å². The molecule has 0 aliphatic rings. The average Bonchev–Trinajstić information content (AvgIpc) is 2.93. The number of nitrogens with one attached hydrogen (secondary N) is 1. The Morgan fingerprint density at radius 1 is 1.21 bits per heavy atom. The lowest BCUT2D eigenvalue weighted by Gasteiger charge is -2.11. The lowest BCUT2D eigenvalue weighted by molar-refractivity contribution is -0.141. The lowest BCUT2D eigenvalue weighted by atomic mass is 10.1. The number of hydrogen-bond donors (Lipinski definition) is 1. The number of nitrogens with zero attached hydrogens (tertiary/aromatic N) is 5. The number of aryl methyl sites for hydroxylation is 2. The van der Waals surface area contributed by atoms with Crippen LogP contribution in [0.4, 0.5) is 23.5 Å². The first-order valence-electron chi connectivity index (χ1n) is 8.28. The van der Waals surface area contributed by atoms with Crippen LogP contribution >= 0.6 is 0 Å². The molecule has 0 amide bonds. The van der Waals surface area contributed by atoms with Gasteiger partial charge in [0.1, 0.15) is 5.75 Å². The number of halogens is 4. The molecule has 2 aromatic heterocycles. The molecule has 29 heavy (non-hydrogen) atoms. The molecule has 3 rings (SSSR count). The number of alkyl halides is 3. The molecule has 0 radical (unpaired) electrons. The fraction of sp³-hybridized carbons (Fsp3) is 0.222. The number of rotatable bonds is 5. The van der Waals surface area contributed by atoms with Crippen molar-refractivity contribution in [2.24, 2.45) is 12.1 Å². The van der Waals surface area contributed by atoms with E-state index in [1.807, 2.05) is 0 Å². The van der Waals surface area contributed by atoms with Crippen molar-refractivity contribution < 1.29 is 22.3 Å². The van der Waals surface area contributed by atoms with Crippen LogP contribution in [0.1, 0.15) is 17.0 Å². The predicted molar refractivity (Wildman–Crippen MR) is 98.1 cm³/mol. The molecule has 0 fully saturated rings. The molecule has 0 atom stereocenters. The first-order valence-corrected chi connectivity index (χ1v) is 8.28. The Labute approximate surface area is 163 Å². The third-order valence-corrected chi connectivity index (χ3v) is 3.94. The van der Waals surface area contributed by atoms with Crippen LogP contribution in [0.5, 0.6) is 5.75 Å². The zero-order valence-electron chi connectivity index (χ0n) is 15.6. The highest BCUT2D eigenvalue weighted by Crippen LogP contribution is 2.32. The molecule has 0 saturated heterocycles. The minimum absolute atomic E-state index is 0.0210. The van der Waals surface area contributed by atoms with Crippen molar-refractivity contribution in [1.29, 1.82) is 0 Å². The van der Waals surface area contributed by atoms with Gasteiger partial charge in [-0.1, -0.05) is 12.1 Å². The first kappa shape index (κ1) is 20.2. The van der Waals surface area contributed by atoms with Gasteiger partial charge < -0.3 is 4.74 Å². The molecule has 0 aliphatic heterocycles. The minimum Gasteiger partial charge on any atom is -0.497 e. The molecule has 0 bridgehead atoms. The van der Waals surface area contributed by atoms with Crippen molar-refractivity contribution in [3.05, 3.63) is 53.2 Å². The van der Waals surface area contributed by atoms with Gasteiger partial charge in [-0.2, -0.15) is 27.8 Å². The number of aromatic nitrogens is 4. The van der Waals surface area contributed by atoms with E-state index < -0.39 is 23.8 Å². The van der Waals surface area contributed by atoms with Crippen molar-refractivity contribution in [2.75, 3.05) is 12.5 Å². The van der Waals surface area contributed by atoms with Crippen molar-refractivity contribution in [3.8, 4) is 17.0 Å². The number of methoxy groups -OCH3 is 1. The highest BCUT2D eigenvalue weighted by atomic mass is 19.4. The summed E-state index contributed by atoms with van der Waals surface area (Å²) < 4.78 is 59.8. The van der Waals surface area contributed by atoms with Crippen molar-refractivity contribution >= 4 is 12.2 Å². The highest BCUT2D eigenvalue weighted by Gasteiger charge is 2.34. The maximum absolute atomic E-state index is 13.9. The van der Waals surface area contributed by atoms with Gasteiger partial charge in [0.25, 0.3) is 0 Å². The Kier molecular flexibility index (Phi) is 5.48. The van der Waals surface area contributed by atoms with E-state index in [1.54, 1.807) is 31.2 Å². The van der Waals surface area contributed by atoms with Crippen LogP contribution in [0, 0.1) is 12.9 Å². The van der Waals surface area contributed by atoms with Crippen molar-refractivity contribution in [3.63, 3.8) is 0 Å². The molecule has 152 valence electrons. The van der Waals surface area contributed by atoms with Crippen LogP contribution in [0.2, 0.25) is 0 Å². The van der Waals surface area contributed by atoms with Crippen LogP contribution in [0.25, 0.3) is 11.3 Å². The molecule has 2 heterocycles. The van der Waals surface area contributed by atoms with Gasteiger partial charge in [0.2, 0.25) is 11.9 Å². The SMILES string of the molecule is COc1cccc(-c2cc(C(F)(F)F)nc(NN=Cc3c(C)nn(C)c3F)n2)c1. The number of anilines is 1. The molecule has 0 saturated carbocycles. The second-order valence-corrected chi connectivity index (χ2v) is 5.98. The number of hydrogen-bond acceptors (Lipinski definition) is 6. The molecule has 0 spiro atoms. The third kappa shape index (κ3) is 4.50. The summed E-state index contributed by atoms with van der Waals surface area (Å²) in [5.41, 5.74) is 2.07. The molecule has 1 N–H and O–H groups in total. The number of benzene rings is 1. The summed E-state index contributed by atoms with van der Waals surface area (Å²) in [7, 11) is 2.87. The highest BCUT2D eigenvalue weighted by molar-refractivity contribution is 5.81. The number of hydrazone groups is 1. The van der Waals surface area contributed by atoms with Gasteiger partial charge in [0.15, 0.2) is 5.69 Å². The molecule has 1 aromatic carbocycles. The van der Waals surface area contributed by atoms with Crippen molar-refractivity contribution in [1.82, 2.24) is 19.7 Å². The van der Waals surface area contributed by atoms with E-state index in [9.17, 15) is 17.6 Å². The minimum atomic E-state index is -4.69. The zero-order valence-corrected chi connectivity index (χ0v) is 15.6. The van der Waals surface area contributed by atoms with Crippen LogP contribution in [-0.2, 0) is 13.2 Å². The predicted octanol–water partition coefficient (Wildman–Crippen LogP) is 3.80. The Balaban J connectivity index is 1.96. The quantitative estimate of drug-likeness (QED) is 0.395. The Hall–Kier alpha value is -3.50. The molecule has 7 nitrogen and oxygen atoms in total. The van der Waals surface area contributed by atoms with E-state index in [-0.39, 0.29) is 11.3 Å². The Bertz CT molecular complexity index is 1060. The summed E-state index contributed by atoms with van der Waals surface area (Å²) >= 11 is 0. The Morgan fingerprint density at radius 3 is 2.59 bits per heavy atom. The van der Waals surface area contributed by atoms with Crippen LogP contribution < -0.4 is 10.2 Å². The van der Waals surface area contributed by atoms with E-state index in [2.05, 4.69) is 25.6 Å². The summed E-state index contributed by atoms with van der Waals surface area (Å²) in [6.45, 7) is 1.58. The Morgan fingerprint density at radius 2 is 1.97 bits per heavy atom. The number of ether oxygens (including phenoxy) is 1. The second-order valence-electron chi connectivity index (χ2n) is 5.98. The maximum atomic E-state index is 13.9.